The van der Waals surface area contributed by atoms with Crippen LogP contribution in [-0.2, 0) is 29.0 Å². The van der Waals surface area contributed by atoms with E-state index in [0.29, 0.717) is 26.1 Å². The second kappa shape index (κ2) is 7.70. The van der Waals surface area contributed by atoms with Gasteiger partial charge in [0.05, 0.1) is 12.1 Å². The summed E-state index contributed by atoms with van der Waals surface area (Å²) in [7, 11) is 0. The van der Waals surface area contributed by atoms with Crippen LogP contribution in [0.2, 0.25) is 0 Å². The van der Waals surface area contributed by atoms with Gasteiger partial charge in [0.25, 0.3) is 0 Å². The van der Waals surface area contributed by atoms with E-state index in [2.05, 4.69) is 11.1 Å². The van der Waals surface area contributed by atoms with Gasteiger partial charge in [0.15, 0.2) is 0 Å². The van der Waals surface area contributed by atoms with Gasteiger partial charge < -0.3 is 9.80 Å². The summed E-state index contributed by atoms with van der Waals surface area (Å²) in [5.74, 6) is 1.29. The average molecular weight is 378 g/mol. The maximum absolute atomic E-state index is 12.7. The van der Waals surface area contributed by atoms with Gasteiger partial charge in [-0.1, -0.05) is 29.8 Å². The predicted molar refractivity (Wildman–Crippen MR) is 106 cm³/mol. The van der Waals surface area contributed by atoms with Gasteiger partial charge >= 0.3 is 0 Å². The van der Waals surface area contributed by atoms with Crippen LogP contribution in [0.3, 0.4) is 0 Å². The summed E-state index contributed by atoms with van der Waals surface area (Å²) >= 11 is 0. The molecule has 3 heterocycles. The zero-order valence-electron chi connectivity index (χ0n) is 16.5. The molecule has 0 spiro atoms. The number of amides is 2. The van der Waals surface area contributed by atoms with Crippen LogP contribution in [0, 0.1) is 6.92 Å². The number of hydrogen-bond acceptors (Lipinski definition) is 4. The Labute approximate surface area is 165 Å². The van der Waals surface area contributed by atoms with Gasteiger partial charge in [0, 0.05) is 57.2 Å². The summed E-state index contributed by atoms with van der Waals surface area (Å²) in [5, 5.41) is 0. The van der Waals surface area contributed by atoms with E-state index in [1.807, 2.05) is 41.1 Å². The summed E-state index contributed by atoms with van der Waals surface area (Å²) in [6.07, 6.45) is 3.98. The zero-order valence-corrected chi connectivity index (χ0v) is 16.5. The minimum Gasteiger partial charge on any atom is -0.342 e. The van der Waals surface area contributed by atoms with Crippen LogP contribution < -0.4 is 0 Å². The van der Waals surface area contributed by atoms with Gasteiger partial charge in [0.2, 0.25) is 11.8 Å². The van der Waals surface area contributed by atoms with Crippen molar-refractivity contribution in [3.63, 3.8) is 0 Å². The number of aryl methyl sites for hydroxylation is 1. The molecule has 1 saturated heterocycles. The summed E-state index contributed by atoms with van der Waals surface area (Å²) in [4.78, 5) is 37.4. The molecule has 1 aromatic carbocycles. The van der Waals surface area contributed by atoms with E-state index >= 15 is 0 Å². The minimum absolute atomic E-state index is 0.0910. The Morgan fingerprint density at radius 2 is 2.07 bits per heavy atom. The molecule has 6 nitrogen and oxygen atoms in total. The topological polar surface area (TPSA) is 66.4 Å². The second-order valence-corrected chi connectivity index (χ2v) is 7.88. The number of hydrogen-bond donors (Lipinski definition) is 0. The van der Waals surface area contributed by atoms with E-state index in [-0.39, 0.29) is 17.7 Å². The van der Waals surface area contributed by atoms with Crippen molar-refractivity contribution in [3.8, 4) is 0 Å². The minimum atomic E-state index is 0.0910. The van der Waals surface area contributed by atoms with Crippen molar-refractivity contribution in [2.24, 2.45) is 0 Å². The number of carbonyl (C=O) groups excluding carboxylic acids is 2. The Balaban J connectivity index is 1.40. The van der Waals surface area contributed by atoms with Crippen molar-refractivity contribution in [2.75, 3.05) is 19.6 Å². The molecule has 0 unspecified atom stereocenters. The number of fused-ring (bicyclic) bond motifs is 1. The first-order valence-electron chi connectivity index (χ1n) is 9.93. The van der Waals surface area contributed by atoms with E-state index in [1.54, 1.807) is 6.92 Å². The lowest BCUT2D eigenvalue weighted by atomic mass is 10.0. The molecule has 2 aliphatic heterocycles. The van der Waals surface area contributed by atoms with Gasteiger partial charge in [-0.05, 0) is 18.9 Å². The normalized spacial score (nSPS) is 18.9. The van der Waals surface area contributed by atoms with Crippen LogP contribution in [0.4, 0.5) is 0 Å². The maximum atomic E-state index is 12.7. The summed E-state index contributed by atoms with van der Waals surface area (Å²) < 4.78 is 0. The fourth-order valence-corrected chi connectivity index (χ4v) is 4.10. The molecule has 4 rings (SSSR count). The lowest BCUT2D eigenvalue weighted by Gasteiger charge is -2.27. The number of likely N-dealkylation sites (tertiary alicyclic amines) is 1. The third kappa shape index (κ3) is 3.91. The van der Waals surface area contributed by atoms with Crippen LogP contribution in [0.5, 0.6) is 0 Å². The standard InChI is InChI=1S/C22H26N4O2/c1-15-4-3-5-17(10-15)11-21(28)26-8-6-18(13-26)22-23-12-19-14-25(16(2)27)9-7-20(19)24-22/h3-5,10,12,18H,6-9,11,13-14H2,1-2H3/t18-/m0/s1. The Kier molecular flexibility index (Phi) is 5.11. The molecule has 2 aliphatic rings. The molecule has 2 amide bonds. The molecule has 0 aliphatic carbocycles. The van der Waals surface area contributed by atoms with Gasteiger partial charge in [-0.2, -0.15) is 0 Å². The second-order valence-electron chi connectivity index (χ2n) is 7.88. The molecule has 146 valence electrons. The number of nitrogens with zero attached hydrogens (tertiary/aromatic N) is 4. The number of aromatic nitrogens is 2. The molecule has 0 saturated carbocycles. The predicted octanol–water partition coefficient (Wildman–Crippen LogP) is 2.25. The Morgan fingerprint density at radius 1 is 1.21 bits per heavy atom. The lowest BCUT2D eigenvalue weighted by molar-refractivity contribution is -0.130. The van der Waals surface area contributed by atoms with Gasteiger partial charge in [-0.3, -0.25) is 9.59 Å². The molecule has 6 heteroatoms. The first kappa shape index (κ1) is 18.6. The molecular weight excluding hydrogens is 352 g/mol. The lowest BCUT2D eigenvalue weighted by Crippen LogP contribution is -2.35. The van der Waals surface area contributed by atoms with Crippen LogP contribution in [0.25, 0.3) is 0 Å². The average Bonchev–Trinajstić information content (AvgIpc) is 3.17. The fourth-order valence-electron chi connectivity index (χ4n) is 4.10. The molecule has 0 N–H and O–H groups in total. The van der Waals surface area contributed by atoms with Crippen molar-refractivity contribution >= 4 is 11.8 Å². The van der Waals surface area contributed by atoms with Crippen LogP contribution in [0.15, 0.2) is 30.5 Å². The molecule has 1 aromatic heterocycles. The summed E-state index contributed by atoms with van der Waals surface area (Å²) in [6, 6.07) is 8.12. The maximum Gasteiger partial charge on any atom is 0.227 e. The monoisotopic (exact) mass is 378 g/mol. The molecule has 28 heavy (non-hydrogen) atoms. The smallest absolute Gasteiger partial charge is 0.227 e. The largest absolute Gasteiger partial charge is 0.342 e. The molecule has 2 aromatic rings. The van der Waals surface area contributed by atoms with E-state index in [0.717, 1.165) is 42.0 Å². The molecule has 1 atom stereocenters. The fraction of sp³-hybridized carbons (Fsp3) is 0.455. The third-order valence-electron chi connectivity index (χ3n) is 5.74. The Hall–Kier alpha value is -2.76. The van der Waals surface area contributed by atoms with Crippen LogP contribution in [-0.4, -0.2) is 51.2 Å². The highest BCUT2D eigenvalue weighted by molar-refractivity contribution is 5.79. The van der Waals surface area contributed by atoms with Crippen molar-refractivity contribution in [1.82, 2.24) is 19.8 Å². The molecular formula is C22H26N4O2. The van der Waals surface area contributed by atoms with Crippen molar-refractivity contribution < 1.29 is 9.59 Å². The van der Waals surface area contributed by atoms with Gasteiger partial charge in [-0.25, -0.2) is 9.97 Å². The highest BCUT2D eigenvalue weighted by Crippen LogP contribution is 2.27. The summed E-state index contributed by atoms with van der Waals surface area (Å²) in [6.45, 7) is 6.39. The summed E-state index contributed by atoms with van der Waals surface area (Å²) in [5.41, 5.74) is 4.33. The molecule has 0 bridgehead atoms. The highest BCUT2D eigenvalue weighted by Gasteiger charge is 2.30. The van der Waals surface area contributed by atoms with Gasteiger partial charge in [-0.15, -0.1) is 0 Å². The number of rotatable bonds is 3. The highest BCUT2D eigenvalue weighted by atomic mass is 16.2. The van der Waals surface area contributed by atoms with Crippen molar-refractivity contribution in [2.45, 2.75) is 45.6 Å². The first-order valence-corrected chi connectivity index (χ1v) is 9.93. The van der Waals surface area contributed by atoms with E-state index in [4.69, 9.17) is 4.98 Å². The van der Waals surface area contributed by atoms with Gasteiger partial charge in [0.1, 0.15) is 5.82 Å². The van der Waals surface area contributed by atoms with Crippen LogP contribution in [0.1, 0.15) is 47.5 Å². The van der Waals surface area contributed by atoms with E-state index < -0.39 is 0 Å². The third-order valence-corrected chi connectivity index (χ3v) is 5.74. The Bertz CT molecular complexity index is 911. The van der Waals surface area contributed by atoms with E-state index in [1.165, 1.54) is 5.56 Å². The number of carbonyl (C=O) groups is 2. The van der Waals surface area contributed by atoms with E-state index in [9.17, 15) is 9.59 Å². The first-order chi connectivity index (χ1) is 13.5. The van der Waals surface area contributed by atoms with Crippen molar-refractivity contribution in [1.29, 1.82) is 0 Å². The molecule has 1 fully saturated rings. The van der Waals surface area contributed by atoms with Crippen molar-refractivity contribution in [3.05, 3.63) is 58.7 Å². The quantitative estimate of drug-likeness (QED) is 0.822. The molecule has 0 radical (unpaired) electrons. The van der Waals surface area contributed by atoms with Crippen LogP contribution >= 0.6 is 0 Å². The Morgan fingerprint density at radius 3 is 2.86 bits per heavy atom. The number of benzene rings is 1. The zero-order chi connectivity index (χ0) is 19.7. The SMILES string of the molecule is CC(=O)N1CCc2nc([C@H]3CCN(C(=O)Cc4cccc(C)c4)C3)ncc2C1.